The SMILES string of the molecule is CCC(C)c1ccc(OCC(=O)NNC(=O)Cc2ccccc2)c(Br)c1. The van der Waals surface area contributed by atoms with E-state index in [1.807, 2.05) is 48.5 Å². The molecule has 0 bridgehead atoms. The van der Waals surface area contributed by atoms with E-state index in [1.54, 1.807) is 0 Å². The number of amides is 2. The van der Waals surface area contributed by atoms with Crippen molar-refractivity contribution in [3.8, 4) is 5.75 Å². The molecule has 2 N–H and O–H groups in total. The van der Waals surface area contributed by atoms with Crippen molar-refractivity contribution in [2.24, 2.45) is 0 Å². The van der Waals surface area contributed by atoms with Crippen molar-refractivity contribution in [1.29, 1.82) is 0 Å². The first kappa shape index (κ1) is 20.0. The van der Waals surface area contributed by atoms with Crippen molar-refractivity contribution < 1.29 is 14.3 Å². The molecule has 0 saturated heterocycles. The smallest absolute Gasteiger partial charge is 0.276 e. The highest BCUT2D eigenvalue weighted by Gasteiger charge is 2.10. The van der Waals surface area contributed by atoms with Crippen molar-refractivity contribution in [2.75, 3.05) is 6.61 Å². The van der Waals surface area contributed by atoms with Gasteiger partial charge in [-0.1, -0.05) is 50.2 Å². The van der Waals surface area contributed by atoms with E-state index in [-0.39, 0.29) is 18.9 Å². The number of carbonyl (C=O) groups is 2. The van der Waals surface area contributed by atoms with Gasteiger partial charge >= 0.3 is 0 Å². The molecule has 5 nitrogen and oxygen atoms in total. The average molecular weight is 419 g/mol. The molecule has 0 aromatic heterocycles. The molecule has 0 fully saturated rings. The molecule has 2 aromatic carbocycles. The summed E-state index contributed by atoms with van der Waals surface area (Å²) in [4.78, 5) is 23.6. The molecule has 2 rings (SSSR count). The minimum atomic E-state index is -0.427. The summed E-state index contributed by atoms with van der Waals surface area (Å²) >= 11 is 3.47. The Hall–Kier alpha value is -2.34. The van der Waals surface area contributed by atoms with Gasteiger partial charge in [-0.3, -0.25) is 20.4 Å². The van der Waals surface area contributed by atoms with Crippen LogP contribution < -0.4 is 15.6 Å². The Kier molecular flexibility index (Phi) is 7.66. The first-order valence-corrected chi connectivity index (χ1v) is 9.32. The van der Waals surface area contributed by atoms with E-state index in [1.165, 1.54) is 5.56 Å². The van der Waals surface area contributed by atoms with Gasteiger partial charge in [0.15, 0.2) is 6.61 Å². The van der Waals surface area contributed by atoms with Crippen molar-refractivity contribution in [1.82, 2.24) is 10.9 Å². The molecule has 0 aliphatic heterocycles. The molecule has 0 spiro atoms. The zero-order chi connectivity index (χ0) is 18.9. The first-order valence-electron chi connectivity index (χ1n) is 8.53. The van der Waals surface area contributed by atoms with Crippen LogP contribution in [0.2, 0.25) is 0 Å². The van der Waals surface area contributed by atoms with Crippen molar-refractivity contribution in [3.63, 3.8) is 0 Å². The van der Waals surface area contributed by atoms with Crippen LogP contribution in [0.1, 0.15) is 37.3 Å². The number of nitrogens with one attached hydrogen (secondary N) is 2. The lowest BCUT2D eigenvalue weighted by molar-refractivity contribution is -0.129. The summed E-state index contributed by atoms with van der Waals surface area (Å²) in [5.41, 5.74) is 6.82. The van der Waals surface area contributed by atoms with Crippen LogP contribution >= 0.6 is 15.9 Å². The van der Waals surface area contributed by atoms with Gasteiger partial charge in [0.2, 0.25) is 5.91 Å². The molecule has 0 saturated carbocycles. The minimum absolute atomic E-state index is 0.188. The monoisotopic (exact) mass is 418 g/mol. The lowest BCUT2D eigenvalue weighted by Crippen LogP contribution is -2.44. The molecule has 0 radical (unpaired) electrons. The predicted molar refractivity (Wildman–Crippen MR) is 105 cm³/mol. The fourth-order valence-electron chi connectivity index (χ4n) is 2.32. The largest absolute Gasteiger partial charge is 0.483 e. The van der Waals surface area contributed by atoms with Crippen LogP contribution in [0.3, 0.4) is 0 Å². The second kappa shape index (κ2) is 9.97. The molecular formula is C20H23BrN2O3. The lowest BCUT2D eigenvalue weighted by Gasteiger charge is -2.13. The van der Waals surface area contributed by atoms with E-state index in [0.717, 1.165) is 16.5 Å². The molecule has 0 heterocycles. The van der Waals surface area contributed by atoms with E-state index in [4.69, 9.17) is 4.74 Å². The maximum Gasteiger partial charge on any atom is 0.276 e. The standard InChI is InChI=1S/C20H23BrN2O3/c1-3-14(2)16-9-10-18(17(21)12-16)26-13-20(25)23-22-19(24)11-15-7-5-4-6-8-15/h4-10,12,14H,3,11,13H2,1-2H3,(H,22,24)(H,23,25). The third kappa shape index (κ3) is 6.19. The van der Waals surface area contributed by atoms with Crippen LogP contribution in [0.4, 0.5) is 0 Å². The molecule has 2 amide bonds. The lowest BCUT2D eigenvalue weighted by atomic mass is 9.99. The third-order valence-corrected chi connectivity index (χ3v) is 4.66. The van der Waals surface area contributed by atoms with Gasteiger partial charge in [0.05, 0.1) is 10.9 Å². The number of hydrogen-bond donors (Lipinski definition) is 2. The number of hydrazine groups is 1. The fraction of sp³-hybridized carbons (Fsp3) is 0.300. The van der Waals surface area contributed by atoms with Gasteiger partial charge in [0, 0.05) is 0 Å². The average Bonchev–Trinajstić information content (AvgIpc) is 2.65. The number of rotatable bonds is 7. The fourth-order valence-corrected chi connectivity index (χ4v) is 2.83. The maximum absolute atomic E-state index is 11.8. The summed E-state index contributed by atoms with van der Waals surface area (Å²) in [6.07, 6.45) is 1.25. The maximum atomic E-state index is 11.8. The van der Waals surface area contributed by atoms with Crippen LogP contribution in [-0.2, 0) is 16.0 Å². The Bertz CT molecular complexity index is 750. The highest BCUT2D eigenvalue weighted by atomic mass is 79.9. The number of halogens is 1. The summed E-state index contributed by atoms with van der Waals surface area (Å²) in [5, 5.41) is 0. The van der Waals surface area contributed by atoms with Gasteiger partial charge in [0.25, 0.3) is 5.91 Å². The van der Waals surface area contributed by atoms with Crippen molar-refractivity contribution in [3.05, 3.63) is 64.1 Å². The van der Waals surface area contributed by atoms with Gasteiger partial charge in [0.1, 0.15) is 5.75 Å². The molecule has 26 heavy (non-hydrogen) atoms. The van der Waals surface area contributed by atoms with E-state index in [9.17, 15) is 9.59 Å². The van der Waals surface area contributed by atoms with Crippen LogP contribution in [0.15, 0.2) is 53.0 Å². The number of ether oxygens (including phenoxy) is 1. The van der Waals surface area contributed by atoms with Crippen LogP contribution in [0, 0.1) is 0 Å². The zero-order valence-corrected chi connectivity index (χ0v) is 16.5. The normalized spacial score (nSPS) is 11.5. The van der Waals surface area contributed by atoms with Crippen LogP contribution in [-0.4, -0.2) is 18.4 Å². The molecular weight excluding hydrogens is 396 g/mol. The molecule has 1 unspecified atom stereocenters. The first-order chi connectivity index (χ1) is 12.5. The highest BCUT2D eigenvalue weighted by Crippen LogP contribution is 2.29. The van der Waals surface area contributed by atoms with E-state index in [2.05, 4.69) is 40.6 Å². The third-order valence-electron chi connectivity index (χ3n) is 4.04. The summed E-state index contributed by atoms with van der Waals surface area (Å²) < 4.78 is 6.31. The Morgan fingerprint density at radius 2 is 1.77 bits per heavy atom. The van der Waals surface area contributed by atoms with Gasteiger partial charge < -0.3 is 4.74 Å². The van der Waals surface area contributed by atoms with E-state index in [0.29, 0.717) is 11.7 Å². The molecule has 1 atom stereocenters. The Morgan fingerprint density at radius 3 is 2.42 bits per heavy atom. The predicted octanol–water partition coefficient (Wildman–Crippen LogP) is 3.73. The molecule has 2 aromatic rings. The van der Waals surface area contributed by atoms with Crippen LogP contribution in [0.25, 0.3) is 0 Å². The summed E-state index contributed by atoms with van der Waals surface area (Å²) in [5.74, 6) is 0.333. The molecule has 0 aliphatic carbocycles. The van der Waals surface area contributed by atoms with Crippen molar-refractivity contribution >= 4 is 27.7 Å². The zero-order valence-electron chi connectivity index (χ0n) is 14.9. The Morgan fingerprint density at radius 1 is 1.08 bits per heavy atom. The molecule has 138 valence electrons. The second-order valence-corrected chi connectivity index (χ2v) is 6.90. The number of benzene rings is 2. The van der Waals surface area contributed by atoms with Gasteiger partial charge in [-0.05, 0) is 51.5 Å². The van der Waals surface area contributed by atoms with E-state index >= 15 is 0 Å². The molecule has 6 heteroatoms. The Labute approximate surface area is 162 Å². The van der Waals surface area contributed by atoms with Gasteiger partial charge in [-0.25, -0.2) is 0 Å². The van der Waals surface area contributed by atoms with Gasteiger partial charge in [-0.2, -0.15) is 0 Å². The summed E-state index contributed by atoms with van der Waals surface area (Å²) in [7, 11) is 0. The second-order valence-electron chi connectivity index (χ2n) is 6.05. The quantitative estimate of drug-likeness (QED) is 0.673. The topological polar surface area (TPSA) is 67.4 Å². The van der Waals surface area contributed by atoms with Crippen LogP contribution in [0.5, 0.6) is 5.75 Å². The molecule has 0 aliphatic rings. The van der Waals surface area contributed by atoms with E-state index < -0.39 is 5.91 Å². The summed E-state index contributed by atoms with van der Waals surface area (Å²) in [6, 6.07) is 15.1. The van der Waals surface area contributed by atoms with Crippen molar-refractivity contribution in [2.45, 2.75) is 32.6 Å². The number of carbonyl (C=O) groups excluding carboxylic acids is 2. The van der Waals surface area contributed by atoms with Gasteiger partial charge in [-0.15, -0.1) is 0 Å². The minimum Gasteiger partial charge on any atom is -0.483 e. The summed E-state index contributed by atoms with van der Waals surface area (Å²) in [6.45, 7) is 4.11. The number of hydrogen-bond acceptors (Lipinski definition) is 3. The Balaban J connectivity index is 1.77. The highest BCUT2D eigenvalue weighted by molar-refractivity contribution is 9.10.